The van der Waals surface area contributed by atoms with Crippen molar-refractivity contribution in [2.45, 2.75) is 18.7 Å². The van der Waals surface area contributed by atoms with Crippen LogP contribution in [0, 0.1) is 6.92 Å². The van der Waals surface area contributed by atoms with E-state index in [0.29, 0.717) is 0 Å². The molecule has 0 aliphatic heterocycles. The van der Waals surface area contributed by atoms with Crippen molar-refractivity contribution >= 4 is 17.7 Å². The summed E-state index contributed by atoms with van der Waals surface area (Å²) in [6.07, 6.45) is 2.03. The Morgan fingerprint density at radius 2 is 2.27 bits per heavy atom. The highest BCUT2D eigenvalue weighted by Crippen LogP contribution is 2.23. The van der Waals surface area contributed by atoms with Crippen molar-refractivity contribution in [1.82, 2.24) is 5.32 Å². The standard InChI is InChI=1S/C11H15NO2S/c1-8-6-10(15-3)4-5-11(8)14-7-12-9(2)13/h4-6H,7H2,1-3H3,(H,12,13). The average molecular weight is 225 g/mol. The molecular weight excluding hydrogens is 210 g/mol. The van der Waals surface area contributed by atoms with Gasteiger partial charge < -0.3 is 10.1 Å². The van der Waals surface area contributed by atoms with Gasteiger partial charge in [-0.1, -0.05) is 0 Å². The minimum Gasteiger partial charge on any atom is -0.473 e. The number of carbonyl (C=O) groups is 1. The third-order valence-corrected chi connectivity index (χ3v) is 2.66. The van der Waals surface area contributed by atoms with Crippen LogP contribution in [-0.4, -0.2) is 18.9 Å². The first-order chi connectivity index (χ1) is 7.13. The van der Waals surface area contributed by atoms with Crippen molar-refractivity contribution in [2.24, 2.45) is 0 Å². The largest absolute Gasteiger partial charge is 0.473 e. The van der Waals surface area contributed by atoms with E-state index in [0.717, 1.165) is 11.3 Å². The summed E-state index contributed by atoms with van der Waals surface area (Å²) in [7, 11) is 0. The molecule has 0 atom stereocenters. The Kier molecular flexibility index (Phi) is 4.49. The van der Waals surface area contributed by atoms with Crippen molar-refractivity contribution in [3.63, 3.8) is 0 Å². The Balaban J connectivity index is 2.58. The van der Waals surface area contributed by atoms with E-state index >= 15 is 0 Å². The second kappa shape index (κ2) is 5.66. The molecule has 15 heavy (non-hydrogen) atoms. The molecule has 1 aromatic rings. The molecule has 0 fully saturated rings. The van der Waals surface area contributed by atoms with Crippen LogP contribution in [0.5, 0.6) is 5.75 Å². The lowest BCUT2D eigenvalue weighted by atomic mass is 10.2. The molecule has 0 spiro atoms. The van der Waals surface area contributed by atoms with Crippen LogP contribution in [0.1, 0.15) is 12.5 Å². The molecule has 0 aromatic heterocycles. The smallest absolute Gasteiger partial charge is 0.219 e. The SMILES string of the molecule is CSc1ccc(OCNC(C)=O)c(C)c1. The van der Waals surface area contributed by atoms with E-state index in [1.165, 1.54) is 11.8 Å². The van der Waals surface area contributed by atoms with Crippen molar-refractivity contribution < 1.29 is 9.53 Å². The first-order valence-corrected chi connectivity index (χ1v) is 5.88. The number of amides is 1. The summed E-state index contributed by atoms with van der Waals surface area (Å²) in [6.45, 7) is 3.67. The molecule has 1 amide bonds. The molecule has 4 heteroatoms. The molecule has 82 valence electrons. The van der Waals surface area contributed by atoms with E-state index in [9.17, 15) is 4.79 Å². The van der Waals surface area contributed by atoms with Crippen molar-refractivity contribution in [3.8, 4) is 5.75 Å². The predicted octanol–water partition coefficient (Wildman–Crippen LogP) is 2.19. The summed E-state index contributed by atoms with van der Waals surface area (Å²) in [6, 6.07) is 5.98. The fourth-order valence-electron chi connectivity index (χ4n) is 1.13. The van der Waals surface area contributed by atoms with E-state index in [4.69, 9.17) is 4.74 Å². The highest BCUT2D eigenvalue weighted by atomic mass is 32.2. The van der Waals surface area contributed by atoms with Crippen LogP contribution in [-0.2, 0) is 4.79 Å². The minimum absolute atomic E-state index is 0.0895. The lowest BCUT2D eigenvalue weighted by Gasteiger charge is -2.09. The number of hydrogen-bond donors (Lipinski definition) is 1. The molecule has 0 aliphatic rings. The number of carbonyl (C=O) groups excluding carboxylic acids is 1. The van der Waals surface area contributed by atoms with Crippen LogP contribution in [0.3, 0.4) is 0 Å². The number of thioether (sulfide) groups is 1. The third-order valence-electron chi connectivity index (χ3n) is 1.93. The Morgan fingerprint density at radius 3 is 2.80 bits per heavy atom. The number of nitrogens with one attached hydrogen (secondary N) is 1. The maximum Gasteiger partial charge on any atom is 0.219 e. The molecule has 1 aromatic carbocycles. The van der Waals surface area contributed by atoms with E-state index in [1.807, 2.05) is 25.3 Å². The summed E-state index contributed by atoms with van der Waals surface area (Å²) in [5.41, 5.74) is 1.08. The Bertz CT molecular complexity index is 352. The Labute approximate surface area is 94.2 Å². The maximum atomic E-state index is 10.6. The summed E-state index contributed by atoms with van der Waals surface area (Å²) in [4.78, 5) is 11.8. The molecule has 0 saturated heterocycles. The van der Waals surface area contributed by atoms with Gasteiger partial charge in [0.25, 0.3) is 0 Å². The quantitative estimate of drug-likeness (QED) is 0.630. The molecule has 0 saturated carbocycles. The molecule has 1 N–H and O–H groups in total. The van der Waals surface area contributed by atoms with Gasteiger partial charge in [0.1, 0.15) is 5.75 Å². The van der Waals surface area contributed by atoms with E-state index < -0.39 is 0 Å². The second-order valence-electron chi connectivity index (χ2n) is 3.15. The van der Waals surface area contributed by atoms with Gasteiger partial charge in [-0.15, -0.1) is 11.8 Å². The molecule has 0 aliphatic carbocycles. The van der Waals surface area contributed by atoms with Gasteiger partial charge in [0.2, 0.25) is 5.91 Å². The Morgan fingerprint density at radius 1 is 1.53 bits per heavy atom. The molecule has 0 radical (unpaired) electrons. The number of benzene rings is 1. The number of hydrogen-bond acceptors (Lipinski definition) is 3. The van der Waals surface area contributed by atoms with Crippen molar-refractivity contribution in [1.29, 1.82) is 0 Å². The maximum absolute atomic E-state index is 10.6. The zero-order valence-electron chi connectivity index (χ0n) is 9.16. The van der Waals surface area contributed by atoms with Gasteiger partial charge in [-0.3, -0.25) is 4.79 Å². The highest BCUT2D eigenvalue weighted by Gasteiger charge is 2.00. The molecule has 0 bridgehead atoms. The van der Waals surface area contributed by atoms with Gasteiger partial charge in [-0.25, -0.2) is 0 Å². The molecular formula is C11H15NO2S. The van der Waals surface area contributed by atoms with Gasteiger partial charge in [-0.2, -0.15) is 0 Å². The first kappa shape index (κ1) is 11.9. The van der Waals surface area contributed by atoms with Gasteiger partial charge in [0, 0.05) is 11.8 Å². The number of aryl methyl sites for hydroxylation is 1. The lowest BCUT2D eigenvalue weighted by Crippen LogP contribution is -2.24. The van der Waals surface area contributed by atoms with E-state index in [1.54, 1.807) is 11.8 Å². The molecule has 1 rings (SSSR count). The summed E-state index contributed by atoms with van der Waals surface area (Å²) < 4.78 is 5.41. The Hall–Kier alpha value is -1.16. The normalized spacial score (nSPS) is 9.80. The first-order valence-electron chi connectivity index (χ1n) is 4.65. The minimum atomic E-state index is -0.0895. The second-order valence-corrected chi connectivity index (χ2v) is 4.03. The average Bonchev–Trinajstić information content (AvgIpc) is 2.20. The van der Waals surface area contributed by atoms with Crippen molar-refractivity contribution in [3.05, 3.63) is 23.8 Å². The monoisotopic (exact) mass is 225 g/mol. The van der Waals surface area contributed by atoms with Gasteiger partial charge in [0.05, 0.1) is 0 Å². The van der Waals surface area contributed by atoms with E-state index in [-0.39, 0.29) is 12.6 Å². The van der Waals surface area contributed by atoms with Crippen LogP contribution in [0.15, 0.2) is 23.1 Å². The van der Waals surface area contributed by atoms with Gasteiger partial charge in [-0.05, 0) is 36.9 Å². The van der Waals surface area contributed by atoms with Crippen molar-refractivity contribution in [2.75, 3.05) is 13.0 Å². The zero-order chi connectivity index (χ0) is 11.3. The zero-order valence-corrected chi connectivity index (χ0v) is 9.98. The van der Waals surface area contributed by atoms with E-state index in [2.05, 4.69) is 11.4 Å². The number of ether oxygens (including phenoxy) is 1. The van der Waals surface area contributed by atoms with Crippen LogP contribution in [0.2, 0.25) is 0 Å². The summed E-state index contributed by atoms with van der Waals surface area (Å²) >= 11 is 1.70. The highest BCUT2D eigenvalue weighted by molar-refractivity contribution is 7.98. The topological polar surface area (TPSA) is 38.3 Å². The summed E-state index contributed by atoms with van der Waals surface area (Å²) in [5, 5.41) is 2.58. The van der Waals surface area contributed by atoms with Gasteiger partial charge >= 0.3 is 0 Å². The third kappa shape index (κ3) is 3.83. The van der Waals surface area contributed by atoms with Crippen LogP contribution < -0.4 is 10.1 Å². The lowest BCUT2D eigenvalue weighted by molar-refractivity contribution is -0.119. The van der Waals surface area contributed by atoms with Gasteiger partial charge in [0.15, 0.2) is 6.73 Å². The predicted molar refractivity (Wildman–Crippen MR) is 62.3 cm³/mol. The fourth-order valence-corrected chi connectivity index (χ4v) is 1.63. The molecule has 0 unspecified atom stereocenters. The fraction of sp³-hybridized carbons (Fsp3) is 0.364. The summed E-state index contributed by atoms with van der Waals surface area (Å²) in [5.74, 6) is 0.718. The molecule has 0 heterocycles. The van der Waals surface area contributed by atoms with Crippen LogP contribution in [0.4, 0.5) is 0 Å². The van der Waals surface area contributed by atoms with Crippen LogP contribution in [0.25, 0.3) is 0 Å². The van der Waals surface area contributed by atoms with Crippen LogP contribution >= 0.6 is 11.8 Å². The molecule has 3 nitrogen and oxygen atoms in total. The number of rotatable bonds is 4.